The van der Waals surface area contributed by atoms with Gasteiger partial charge in [-0.1, -0.05) is 30.3 Å². The topological polar surface area (TPSA) is 44.0 Å². The molecular formula is C31H37N2O4+. The largest absolute Gasteiger partial charge is 0.377 e. The van der Waals surface area contributed by atoms with Gasteiger partial charge in [-0.05, 0) is 42.3 Å². The maximum Gasteiger partial charge on any atom is 0.213 e. The molecule has 1 aliphatic rings. The van der Waals surface area contributed by atoms with E-state index in [9.17, 15) is 0 Å². The monoisotopic (exact) mass is 501 g/mol. The van der Waals surface area contributed by atoms with Gasteiger partial charge in [-0.15, -0.1) is 0 Å². The lowest BCUT2D eigenvalue weighted by Crippen LogP contribution is -2.31. The van der Waals surface area contributed by atoms with Crippen LogP contribution in [0.5, 0.6) is 0 Å². The third-order valence-corrected chi connectivity index (χ3v) is 7.04. The van der Waals surface area contributed by atoms with Gasteiger partial charge in [0.1, 0.15) is 7.05 Å². The van der Waals surface area contributed by atoms with Crippen molar-refractivity contribution < 1.29 is 23.5 Å². The van der Waals surface area contributed by atoms with Crippen molar-refractivity contribution in [3.8, 4) is 11.1 Å². The number of hydrogen-bond donors (Lipinski definition) is 0. The van der Waals surface area contributed by atoms with Crippen molar-refractivity contribution in [2.24, 2.45) is 7.05 Å². The van der Waals surface area contributed by atoms with Crippen LogP contribution in [-0.4, -0.2) is 65.9 Å². The molecular weight excluding hydrogens is 464 g/mol. The smallest absolute Gasteiger partial charge is 0.213 e. The van der Waals surface area contributed by atoms with Crippen molar-refractivity contribution in [3.05, 3.63) is 72.3 Å². The van der Waals surface area contributed by atoms with E-state index in [4.69, 9.17) is 18.9 Å². The molecule has 1 aromatic heterocycles. The number of aryl methyl sites for hydroxylation is 2. The second kappa shape index (κ2) is 12.5. The van der Waals surface area contributed by atoms with Crippen LogP contribution in [0.25, 0.3) is 32.9 Å². The normalized spacial score (nSPS) is 17.0. The minimum absolute atomic E-state index is 0.588. The first-order valence-corrected chi connectivity index (χ1v) is 13.2. The fraction of sp³-hybridized carbons (Fsp3) is 0.387. The highest BCUT2D eigenvalue weighted by atomic mass is 16.6. The second-order valence-electron chi connectivity index (χ2n) is 9.40. The lowest BCUT2D eigenvalue weighted by atomic mass is 9.92. The van der Waals surface area contributed by atoms with Gasteiger partial charge in [-0.3, -0.25) is 0 Å². The molecule has 0 saturated carbocycles. The fourth-order valence-electron chi connectivity index (χ4n) is 5.13. The van der Waals surface area contributed by atoms with Gasteiger partial charge >= 0.3 is 0 Å². The molecule has 0 radical (unpaired) electrons. The van der Waals surface area contributed by atoms with Crippen LogP contribution in [0.1, 0.15) is 5.56 Å². The lowest BCUT2D eigenvalue weighted by Gasteiger charge is -2.26. The summed E-state index contributed by atoms with van der Waals surface area (Å²) in [5.41, 5.74) is 7.44. The van der Waals surface area contributed by atoms with E-state index in [0.717, 1.165) is 13.1 Å². The molecule has 1 fully saturated rings. The van der Waals surface area contributed by atoms with Gasteiger partial charge in [-0.2, -0.15) is 4.57 Å². The molecule has 0 bridgehead atoms. The van der Waals surface area contributed by atoms with Gasteiger partial charge in [0.2, 0.25) is 11.0 Å². The van der Waals surface area contributed by atoms with Crippen LogP contribution >= 0.6 is 0 Å². The maximum absolute atomic E-state index is 5.84. The van der Waals surface area contributed by atoms with Gasteiger partial charge < -0.3 is 23.8 Å². The van der Waals surface area contributed by atoms with E-state index in [-0.39, 0.29) is 0 Å². The molecule has 6 heteroatoms. The summed E-state index contributed by atoms with van der Waals surface area (Å²) in [6, 6.07) is 24.2. The number of hydrogen-bond acceptors (Lipinski definition) is 5. The molecule has 1 saturated heterocycles. The first-order valence-electron chi connectivity index (χ1n) is 13.2. The Balaban J connectivity index is 1.46. The zero-order chi connectivity index (χ0) is 25.5. The number of pyridine rings is 1. The Labute approximate surface area is 219 Å². The Kier molecular flexibility index (Phi) is 8.64. The van der Waals surface area contributed by atoms with E-state index in [1.54, 1.807) is 0 Å². The Morgan fingerprint density at radius 3 is 1.62 bits per heavy atom. The second-order valence-corrected chi connectivity index (χ2v) is 9.40. The number of benzene rings is 3. The van der Waals surface area contributed by atoms with E-state index in [1.165, 1.54) is 44.2 Å². The minimum Gasteiger partial charge on any atom is -0.377 e. The van der Waals surface area contributed by atoms with Gasteiger partial charge in [0, 0.05) is 36.5 Å². The molecule has 37 heavy (non-hydrogen) atoms. The molecule has 194 valence electrons. The lowest BCUT2D eigenvalue weighted by molar-refractivity contribution is -0.617. The molecule has 3 aromatic carbocycles. The summed E-state index contributed by atoms with van der Waals surface area (Å²) in [6.45, 7) is 8.63. The molecule has 0 N–H and O–H groups in total. The van der Waals surface area contributed by atoms with E-state index in [0.29, 0.717) is 52.9 Å². The van der Waals surface area contributed by atoms with Crippen LogP contribution in [0.4, 0.5) is 5.69 Å². The maximum atomic E-state index is 5.84. The summed E-state index contributed by atoms with van der Waals surface area (Å²) < 4.78 is 25.1. The van der Waals surface area contributed by atoms with Crippen LogP contribution in [0.15, 0.2) is 66.7 Å². The number of para-hydroxylation sites is 2. The van der Waals surface area contributed by atoms with Gasteiger partial charge in [-0.25, -0.2) is 0 Å². The summed E-state index contributed by atoms with van der Waals surface area (Å²) in [7, 11) is 2.15. The number of fused-ring (bicyclic) bond motifs is 2. The van der Waals surface area contributed by atoms with Crippen molar-refractivity contribution in [2.45, 2.75) is 6.92 Å². The number of ether oxygens (including phenoxy) is 4. The van der Waals surface area contributed by atoms with Crippen LogP contribution in [0.3, 0.4) is 0 Å². The highest BCUT2D eigenvalue weighted by Gasteiger charge is 2.20. The summed E-state index contributed by atoms with van der Waals surface area (Å²) in [5, 5.41) is 2.53. The fourth-order valence-corrected chi connectivity index (χ4v) is 5.13. The molecule has 1 aliphatic heterocycles. The summed E-state index contributed by atoms with van der Waals surface area (Å²) in [4.78, 5) is 2.35. The molecule has 0 spiro atoms. The Hall–Kier alpha value is -3.03. The molecule has 0 amide bonds. The standard InChI is InChI=1S/C31H37N2O4/c1-24-23-25(33-13-15-34-17-19-36-21-22-37-20-18-35-16-14-33)11-12-26(24)31-27-7-3-5-9-29(27)32(2)30-10-6-4-8-28(30)31/h3-12,23H,13-22H2,1-2H3/q+1. The first-order chi connectivity index (χ1) is 18.2. The zero-order valence-electron chi connectivity index (χ0n) is 21.9. The Morgan fingerprint density at radius 2 is 1.11 bits per heavy atom. The first kappa shape index (κ1) is 25.6. The number of nitrogens with zero attached hydrogens (tertiary/aromatic N) is 2. The Morgan fingerprint density at radius 1 is 0.622 bits per heavy atom. The van der Waals surface area contributed by atoms with Gasteiger partial charge in [0.25, 0.3) is 0 Å². The quantitative estimate of drug-likeness (QED) is 0.295. The number of anilines is 1. The third kappa shape index (κ3) is 5.94. The van der Waals surface area contributed by atoms with Gasteiger partial charge in [0.05, 0.1) is 63.6 Å². The van der Waals surface area contributed by atoms with Crippen molar-refractivity contribution in [1.29, 1.82) is 0 Å². The number of aromatic nitrogens is 1. The molecule has 4 aromatic rings. The summed E-state index contributed by atoms with van der Waals surface area (Å²) in [6.07, 6.45) is 0. The average molecular weight is 502 g/mol. The number of rotatable bonds is 2. The van der Waals surface area contributed by atoms with E-state index in [2.05, 4.69) is 90.2 Å². The summed E-state index contributed by atoms with van der Waals surface area (Å²) in [5.74, 6) is 0. The third-order valence-electron chi connectivity index (χ3n) is 7.04. The van der Waals surface area contributed by atoms with Crippen molar-refractivity contribution >= 4 is 27.5 Å². The SMILES string of the molecule is Cc1cc(N2CCOCCOCCOCCOCC2)ccc1-c1c2ccccc2[n+](C)c2ccccc12. The van der Waals surface area contributed by atoms with Crippen molar-refractivity contribution in [3.63, 3.8) is 0 Å². The van der Waals surface area contributed by atoms with Crippen LogP contribution in [0, 0.1) is 6.92 Å². The molecule has 0 unspecified atom stereocenters. The minimum atomic E-state index is 0.588. The van der Waals surface area contributed by atoms with Gasteiger partial charge in [0.15, 0.2) is 0 Å². The average Bonchev–Trinajstić information content (AvgIpc) is 2.94. The predicted octanol–water partition coefficient (Wildman–Crippen LogP) is 4.68. The summed E-state index contributed by atoms with van der Waals surface area (Å²) >= 11 is 0. The Bertz CT molecular complexity index is 1270. The zero-order valence-corrected chi connectivity index (χ0v) is 21.9. The van der Waals surface area contributed by atoms with E-state index < -0.39 is 0 Å². The molecule has 6 nitrogen and oxygen atoms in total. The molecule has 0 aliphatic carbocycles. The van der Waals surface area contributed by atoms with E-state index in [1.807, 2.05) is 0 Å². The molecule has 2 heterocycles. The highest BCUT2D eigenvalue weighted by Crippen LogP contribution is 2.36. The van der Waals surface area contributed by atoms with Crippen LogP contribution in [0.2, 0.25) is 0 Å². The van der Waals surface area contributed by atoms with Crippen LogP contribution in [-0.2, 0) is 26.0 Å². The molecule has 5 rings (SSSR count). The molecule has 0 atom stereocenters. The van der Waals surface area contributed by atoms with Crippen LogP contribution < -0.4 is 9.47 Å². The van der Waals surface area contributed by atoms with Crippen molar-refractivity contribution in [1.82, 2.24) is 0 Å². The van der Waals surface area contributed by atoms with E-state index >= 15 is 0 Å². The predicted molar refractivity (Wildman–Crippen MR) is 148 cm³/mol. The van der Waals surface area contributed by atoms with Crippen molar-refractivity contribution in [2.75, 3.05) is 70.8 Å². The highest BCUT2D eigenvalue weighted by molar-refractivity contribution is 6.07.